The van der Waals surface area contributed by atoms with Gasteiger partial charge < -0.3 is 10.8 Å². The third-order valence-electron chi connectivity index (χ3n) is 2.69. The minimum absolute atomic E-state index is 0.308. The Labute approximate surface area is 106 Å². The van der Waals surface area contributed by atoms with E-state index in [0.717, 1.165) is 23.2 Å². The molecule has 3 N–H and O–H groups in total. The van der Waals surface area contributed by atoms with Crippen molar-refractivity contribution in [2.24, 2.45) is 0 Å². The predicted octanol–water partition coefficient (Wildman–Crippen LogP) is 2.76. The Morgan fingerprint density at radius 1 is 1.17 bits per heavy atom. The van der Waals surface area contributed by atoms with Crippen molar-refractivity contribution in [3.63, 3.8) is 0 Å². The molecule has 91 valence electrons. The van der Waals surface area contributed by atoms with Gasteiger partial charge in [-0.2, -0.15) is 0 Å². The van der Waals surface area contributed by atoms with Gasteiger partial charge in [0.25, 0.3) is 0 Å². The van der Waals surface area contributed by atoms with E-state index in [4.69, 9.17) is 10.8 Å². The van der Waals surface area contributed by atoms with Gasteiger partial charge in [-0.05, 0) is 48.2 Å². The molecular formula is C15H14NO2. The summed E-state index contributed by atoms with van der Waals surface area (Å²) in [5.41, 5.74) is 8.88. The molecule has 0 spiro atoms. The van der Waals surface area contributed by atoms with Gasteiger partial charge in [0.15, 0.2) is 0 Å². The lowest BCUT2D eigenvalue weighted by atomic mass is 10.0. The molecule has 0 bridgehead atoms. The van der Waals surface area contributed by atoms with Crippen molar-refractivity contribution < 1.29 is 9.90 Å². The average Bonchev–Trinajstić information content (AvgIpc) is 2.37. The van der Waals surface area contributed by atoms with Gasteiger partial charge in [-0.25, -0.2) is 4.79 Å². The number of hydrogen-bond donors (Lipinski definition) is 2. The first kappa shape index (κ1) is 12.2. The molecule has 0 unspecified atom stereocenters. The van der Waals surface area contributed by atoms with E-state index >= 15 is 0 Å². The summed E-state index contributed by atoms with van der Waals surface area (Å²) in [5, 5.41) is 8.79. The zero-order valence-electron chi connectivity index (χ0n) is 9.84. The predicted molar refractivity (Wildman–Crippen MR) is 71.4 cm³/mol. The van der Waals surface area contributed by atoms with E-state index in [1.54, 1.807) is 12.1 Å². The topological polar surface area (TPSA) is 63.3 Å². The van der Waals surface area contributed by atoms with Crippen LogP contribution in [0.25, 0.3) is 0 Å². The summed E-state index contributed by atoms with van der Waals surface area (Å²) in [6.07, 6.45) is 2.81. The van der Waals surface area contributed by atoms with Crippen LogP contribution in [0.4, 0.5) is 5.69 Å². The molecule has 3 heteroatoms. The van der Waals surface area contributed by atoms with Crippen LogP contribution in [-0.4, -0.2) is 11.1 Å². The molecule has 2 rings (SSSR count). The van der Waals surface area contributed by atoms with E-state index < -0.39 is 5.97 Å². The number of nitrogens with two attached hydrogens (primary N) is 1. The molecule has 0 aliphatic heterocycles. The SMILES string of the molecule is Nc1cccc([CH]Cc2ccc(C(=O)O)cc2)c1. The van der Waals surface area contributed by atoms with Crippen LogP contribution in [0.15, 0.2) is 48.5 Å². The van der Waals surface area contributed by atoms with Crippen molar-refractivity contribution >= 4 is 11.7 Å². The first-order valence-electron chi connectivity index (χ1n) is 5.66. The van der Waals surface area contributed by atoms with Crippen LogP contribution in [0.1, 0.15) is 21.5 Å². The maximum atomic E-state index is 10.7. The van der Waals surface area contributed by atoms with Crippen LogP contribution >= 0.6 is 0 Å². The van der Waals surface area contributed by atoms with Gasteiger partial charge >= 0.3 is 5.97 Å². The molecule has 0 amide bonds. The van der Waals surface area contributed by atoms with Crippen molar-refractivity contribution in [2.45, 2.75) is 6.42 Å². The normalized spacial score (nSPS) is 10.2. The highest BCUT2D eigenvalue weighted by Gasteiger charge is 2.02. The molecule has 2 aromatic rings. The Morgan fingerprint density at radius 2 is 1.89 bits per heavy atom. The quantitative estimate of drug-likeness (QED) is 0.808. The highest BCUT2D eigenvalue weighted by atomic mass is 16.4. The molecule has 0 atom stereocenters. The van der Waals surface area contributed by atoms with Crippen LogP contribution in [0.3, 0.4) is 0 Å². The van der Waals surface area contributed by atoms with Crippen LogP contribution in [0.2, 0.25) is 0 Å². The molecule has 0 saturated heterocycles. The van der Waals surface area contributed by atoms with Gasteiger partial charge in [0.05, 0.1) is 5.56 Å². The van der Waals surface area contributed by atoms with Crippen molar-refractivity contribution in [3.8, 4) is 0 Å². The van der Waals surface area contributed by atoms with Gasteiger partial charge in [-0.15, -0.1) is 0 Å². The summed E-state index contributed by atoms with van der Waals surface area (Å²) in [6, 6.07) is 14.5. The number of carboxylic acid groups (broad SMARTS) is 1. The molecule has 0 aromatic heterocycles. The van der Waals surface area contributed by atoms with Crippen LogP contribution in [0.5, 0.6) is 0 Å². The molecule has 0 heterocycles. The standard InChI is InChI=1S/C15H14NO2/c16-14-3-1-2-12(10-14)5-4-11-6-8-13(9-7-11)15(17)18/h1-3,5-10H,4,16H2,(H,17,18). The lowest BCUT2D eigenvalue weighted by Gasteiger charge is -2.03. The third kappa shape index (κ3) is 3.10. The number of anilines is 1. The second-order valence-electron chi connectivity index (χ2n) is 4.08. The molecule has 3 nitrogen and oxygen atoms in total. The van der Waals surface area contributed by atoms with Crippen molar-refractivity contribution in [1.29, 1.82) is 0 Å². The van der Waals surface area contributed by atoms with E-state index in [-0.39, 0.29) is 0 Å². The van der Waals surface area contributed by atoms with Crippen molar-refractivity contribution in [2.75, 3.05) is 5.73 Å². The van der Waals surface area contributed by atoms with Crippen LogP contribution in [0, 0.1) is 6.42 Å². The Balaban J connectivity index is 2.00. The molecule has 0 aliphatic carbocycles. The fourth-order valence-corrected chi connectivity index (χ4v) is 1.71. The van der Waals surface area contributed by atoms with Gasteiger partial charge in [0, 0.05) is 5.69 Å². The van der Waals surface area contributed by atoms with Crippen LogP contribution in [-0.2, 0) is 6.42 Å². The Kier molecular flexibility index (Phi) is 3.63. The molecule has 2 aromatic carbocycles. The van der Waals surface area contributed by atoms with Gasteiger partial charge in [-0.3, -0.25) is 0 Å². The summed E-state index contributed by atoms with van der Waals surface area (Å²) >= 11 is 0. The lowest BCUT2D eigenvalue weighted by Crippen LogP contribution is -1.96. The molecule has 0 saturated carbocycles. The summed E-state index contributed by atoms with van der Waals surface area (Å²) in [5.74, 6) is -0.902. The molecule has 0 fully saturated rings. The first-order chi connectivity index (χ1) is 8.65. The molecule has 0 aliphatic rings. The summed E-state index contributed by atoms with van der Waals surface area (Å²) in [7, 11) is 0. The molecule has 18 heavy (non-hydrogen) atoms. The lowest BCUT2D eigenvalue weighted by molar-refractivity contribution is 0.0697. The van der Waals surface area contributed by atoms with E-state index in [1.807, 2.05) is 36.4 Å². The number of nitrogen functional groups attached to an aromatic ring is 1. The molecule has 1 radical (unpaired) electrons. The highest BCUT2D eigenvalue weighted by molar-refractivity contribution is 5.87. The fourth-order valence-electron chi connectivity index (χ4n) is 1.71. The van der Waals surface area contributed by atoms with Gasteiger partial charge in [-0.1, -0.05) is 24.3 Å². The number of carboxylic acids is 1. The Hall–Kier alpha value is -2.29. The van der Waals surface area contributed by atoms with E-state index in [9.17, 15) is 4.79 Å². The monoisotopic (exact) mass is 240 g/mol. The van der Waals surface area contributed by atoms with Crippen molar-refractivity contribution in [1.82, 2.24) is 0 Å². The van der Waals surface area contributed by atoms with E-state index in [1.165, 1.54) is 0 Å². The largest absolute Gasteiger partial charge is 0.478 e. The highest BCUT2D eigenvalue weighted by Crippen LogP contribution is 2.13. The zero-order valence-corrected chi connectivity index (χ0v) is 9.84. The Morgan fingerprint density at radius 3 is 2.50 bits per heavy atom. The van der Waals surface area contributed by atoms with Crippen LogP contribution < -0.4 is 5.73 Å². The maximum absolute atomic E-state index is 10.7. The second kappa shape index (κ2) is 5.36. The number of carbonyl (C=O) groups is 1. The number of aromatic carboxylic acids is 1. The molecular weight excluding hydrogens is 226 g/mol. The smallest absolute Gasteiger partial charge is 0.335 e. The van der Waals surface area contributed by atoms with E-state index in [0.29, 0.717) is 5.56 Å². The second-order valence-corrected chi connectivity index (χ2v) is 4.08. The number of benzene rings is 2. The van der Waals surface area contributed by atoms with E-state index in [2.05, 4.69) is 6.42 Å². The zero-order chi connectivity index (χ0) is 13.0. The fraction of sp³-hybridized carbons (Fsp3) is 0.0667. The summed E-state index contributed by atoms with van der Waals surface area (Å²) in [6.45, 7) is 0. The summed E-state index contributed by atoms with van der Waals surface area (Å²) in [4.78, 5) is 10.7. The first-order valence-corrected chi connectivity index (χ1v) is 5.66. The van der Waals surface area contributed by atoms with Gasteiger partial charge in [0.2, 0.25) is 0 Å². The maximum Gasteiger partial charge on any atom is 0.335 e. The van der Waals surface area contributed by atoms with Gasteiger partial charge in [0.1, 0.15) is 0 Å². The Bertz CT molecular complexity index is 547. The van der Waals surface area contributed by atoms with Crippen molar-refractivity contribution in [3.05, 3.63) is 71.6 Å². The third-order valence-corrected chi connectivity index (χ3v) is 2.69. The average molecular weight is 240 g/mol. The number of rotatable bonds is 4. The minimum atomic E-state index is -0.902. The minimum Gasteiger partial charge on any atom is -0.478 e. The summed E-state index contributed by atoms with van der Waals surface area (Å²) < 4.78 is 0. The number of hydrogen-bond acceptors (Lipinski definition) is 2.